The summed E-state index contributed by atoms with van der Waals surface area (Å²) in [4.78, 5) is 0. The molecule has 0 bridgehead atoms. The fourth-order valence-electron chi connectivity index (χ4n) is 2.53. The van der Waals surface area contributed by atoms with Crippen LogP contribution >= 0.6 is 0 Å². The van der Waals surface area contributed by atoms with E-state index in [1.807, 2.05) is 0 Å². The summed E-state index contributed by atoms with van der Waals surface area (Å²) in [6, 6.07) is 6.82. The van der Waals surface area contributed by atoms with E-state index >= 15 is 0 Å². The van der Waals surface area contributed by atoms with Gasteiger partial charge in [-0.2, -0.15) is 6.08 Å². The first-order valence-electron chi connectivity index (χ1n) is 6.75. The molecule has 1 aromatic carbocycles. The minimum absolute atomic E-state index is 0. The molecule has 5 heteroatoms. The molecular weight excluding hydrogens is 386 g/mol. The standard InChI is InChI=1S/C17H23Si.3ClH.Ti/c1-13-9-10-15(11-14(13)2)12-16-7-6-8-17(16)18(3,4)5;;;;/h8-11H,6,12H2,1-5H3;3*1H;/q-1;;;;+4/p-3. The molecule has 0 heterocycles. The van der Waals surface area contributed by atoms with Crippen molar-refractivity contribution < 1.29 is 58.9 Å². The van der Waals surface area contributed by atoms with Crippen molar-refractivity contribution in [2.24, 2.45) is 0 Å². The Balaban J connectivity index is -0.000000902. The van der Waals surface area contributed by atoms with Crippen molar-refractivity contribution in [3.05, 3.63) is 57.8 Å². The van der Waals surface area contributed by atoms with Crippen LogP contribution in [0.15, 0.2) is 35.0 Å². The largest absolute Gasteiger partial charge is 4.00 e. The fourth-order valence-corrected chi connectivity index (χ4v) is 4.33. The molecule has 22 heavy (non-hydrogen) atoms. The molecule has 0 saturated heterocycles. The van der Waals surface area contributed by atoms with E-state index in [4.69, 9.17) is 0 Å². The molecular formula is C17H23Cl3SiTi. The zero-order chi connectivity index (χ0) is 13.3. The summed E-state index contributed by atoms with van der Waals surface area (Å²) in [5.74, 6) is 0. The van der Waals surface area contributed by atoms with Crippen LogP contribution in [0.2, 0.25) is 19.6 Å². The van der Waals surface area contributed by atoms with Crippen molar-refractivity contribution >= 4 is 8.07 Å². The molecule has 0 spiro atoms. The molecule has 0 aliphatic heterocycles. The first kappa shape index (κ1) is 27.4. The Morgan fingerprint density at radius 2 is 1.59 bits per heavy atom. The molecule has 0 nitrogen and oxygen atoms in total. The molecule has 0 radical (unpaired) electrons. The van der Waals surface area contributed by atoms with Gasteiger partial charge >= 0.3 is 21.7 Å². The second kappa shape index (κ2) is 11.1. The maximum absolute atomic E-state index is 3.55. The molecule has 0 saturated carbocycles. The van der Waals surface area contributed by atoms with E-state index in [-0.39, 0.29) is 58.9 Å². The van der Waals surface area contributed by atoms with Gasteiger partial charge in [0.2, 0.25) is 0 Å². The summed E-state index contributed by atoms with van der Waals surface area (Å²) in [5.41, 5.74) is 5.65. The van der Waals surface area contributed by atoms with E-state index in [0.29, 0.717) is 0 Å². The third-order valence-corrected chi connectivity index (χ3v) is 5.83. The fraction of sp³-hybridized carbons (Fsp3) is 0.412. The number of hydrogen-bond donors (Lipinski definition) is 0. The average molecular weight is 410 g/mol. The van der Waals surface area contributed by atoms with Crippen molar-refractivity contribution in [3.63, 3.8) is 0 Å². The maximum atomic E-state index is 3.55. The first-order chi connectivity index (χ1) is 8.38. The van der Waals surface area contributed by atoms with Gasteiger partial charge in [0, 0.05) is 0 Å². The second-order valence-corrected chi connectivity index (χ2v) is 11.4. The summed E-state index contributed by atoms with van der Waals surface area (Å²) < 4.78 is 0. The van der Waals surface area contributed by atoms with E-state index in [0.717, 1.165) is 12.8 Å². The maximum Gasteiger partial charge on any atom is 4.00 e. The van der Waals surface area contributed by atoms with Gasteiger partial charge in [0.25, 0.3) is 0 Å². The van der Waals surface area contributed by atoms with Crippen molar-refractivity contribution in [1.29, 1.82) is 0 Å². The van der Waals surface area contributed by atoms with Crippen molar-refractivity contribution in [2.75, 3.05) is 0 Å². The Morgan fingerprint density at radius 3 is 2.09 bits per heavy atom. The second-order valence-electron chi connectivity index (χ2n) is 6.32. The van der Waals surface area contributed by atoms with E-state index in [2.05, 4.69) is 63.8 Å². The van der Waals surface area contributed by atoms with Crippen molar-refractivity contribution in [2.45, 2.75) is 46.3 Å². The zero-order valence-corrected chi connectivity index (χ0v) is 18.7. The van der Waals surface area contributed by atoms with Crippen LogP contribution in [0.25, 0.3) is 0 Å². The molecule has 0 N–H and O–H groups in total. The monoisotopic (exact) mass is 408 g/mol. The number of aryl methyl sites for hydroxylation is 2. The molecule has 120 valence electrons. The number of allylic oxidation sites excluding steroid dienone is 4. The summed E-state index contributed by atoms with van der Waals surface area (Å²) >= 11 is 0. The first-order valence-corrected chi connectivity index (χ1v) is 10.2. The van der Waals surface area contributed by atoms with Gasteiger partial charge in [0.15, 0.2) is 0 Å². The smallest absolute Gasteiger partial charge is 1.00 e. The zero-order valence-electron chi connectivity index (χ0n) is 13.9. The molecule has 0 aromatic heterocycles. The quantitative estimate of drug-likeness (QED) is 0.351. The number of benzene rings is 1. The van der Waals surface area contributed by atoms with Gasteiger partial charge in [-0.1, -0.05) is 37.8 Å². The van der Waals surface area contributed by atoms with Gasteiger partial charge in [-0.05, 0) is 45.0 Å². The summed E-state index contributed by atoms with van der Waals surface area (Å²) in [5, 5.41) is 1.61. The third kappa shape index (κ3) is 6.95. The average Bonchev–Trinajstić information content (AvgIpc) is 2.71. The molecule has 0 amide bonds. The Morgan fingerprint density at radius 1 is 1.00 bits per heavy atom. The summed E-state index contributed by atoms with van der Waals surface area (Å²) in [7, 11) is -1.20. The van der Waals surface area contributed by atoms with Gasteiger partial charge in [-0.3, -0.25) is 6.08 Å². The predicted octanol–water partition coefficient (Wildman–Crippen LogP) is -4.21. The number of hydrogen-bond acceptors (Lipinski definition) is 0. The van der Waals surface area contributed by atoms with Crippen LogP contribution in [0.1, 0.15) is 23.1 Å². The van der Waals surface area contributed by atoms with Crippen molar-refractivity contribution in [3.8, 4) is 0 Å². The minimum Gasteiger partial charge on any atom is -1.00 e. The number of rotatable bonds is 3. The Labute approximate surface area is 170 Å². The van der Waals surface area contributed by atoms with Gasteiger partial charge < -0.3 is 37.2 Å². The van der Waals surface area contributed by atoms with Crippen LogP contribution in [0.4, 0.5) is 0 Å². The van der Waals surface area contributed by atoms with E-state index in [9.17, 15) is 0 Å². The molecule has 0 unspecified atom stereocenters. The summed E-state index contributed by atoms with van der Waals surface area (Å²) in [6.07, 6.45) is 8.01. The molecule has 0 fully saturated rings. The molecule has 1 aliphatic rings. The Kier molecular flexibility index (Phi) is 13.8. The van der Waals surface area contributed by atoms with Gasteiger partial charge in [0.05, 0.1) is 0 Å². The van der Waals surface area contributed by atoms with Crippen LogP contribution in [-0.2, 0) is 28.1 Å². The predicted molar refractivity (Wildman–Crippen MR) is 82.4 cm³/mol. The molecule has 1 aromatic rings. The Hall–Kier alpha value is 0.501. The minimum atomic E-state index is -1.20. The molecule has 2 rings (SSSR count). The van der Waals surface area contributed by atoms with Crippen molar-refractivity contribution in [1.82, 2.24) is 0 Å². The van der Waals surface area contributed by atoms with Crippen LogP contribution in [0.5, 0.6) is 0 Å². The van der Waals surface area contributed by atoms with E-state index in [1.54, 1.807) is 5.20 Å². The van der Waals surface area contributed by atoms with Crippen LogP contribution in [0.3, 0.4) is 0 Å². The van der Waals surface area contributed by atoms with Crippen LogP contribution in [0, 0.1) is 19.9 Å². The van der Waals surface area contributed by atoms with Gasteiger partial charge in [-0.15, -0.1) is 6.42 Å². The third-order valence-electron chi connectivity index (χ3n) is 3.71. The SMILES string of the molecule is Cc1ccc(CC2=[C-]CC=C2[Si](C)(C)C)cc1C.[Cl-].[Cl-].[Cl-].[Ti+4]. The summed E-state index contributed by atoms with van der Waals surface area (Å²) in [6.45, 7) is 11.6. The van der Waals surface area contributed by atoms with Gasteiger partial charge in [-0.25, -0.2) is 10.8 Å². The number of halogens is 3. The van der Waals surface area contributed by atoms with Crippen LogP contribution in [-0.4, -0.2) is 8.07 Å². The van der Waals surface area contributed by atoms with E-state index < -0.39 is 8.07 Å². The topological polar surface area (TPSA) is 0 Å². The molecule has 1 aliphatic carbocycles. The van der Waals surface area contributed by atoms with Crippen LogP contribution < -0.4 is 37.2 Å². The van der Waals surface area contributed by atoms with E-state index in [1.165, 1.54) is 22.3 Å². The molecule has 0 atom stereocenters. The Bertz CT molecular complexity index is 531. The van der Waals surface area contributed by atoms with Gasteiger partial charge in [0.1, 0.15) is 0 Å². The normalized spacial score (nSPS) is 12.8.